The quantitative estimate of drug-likeness (QED) is 0.561. The second-order valence-electron chi connectivity index (χ2n) is 5.12. The van der Waals surface area contributed by atoms with Crippen molar-refractivity contribution in [2.45, 2.75) is 0 Å². The van der Waals surface area contributed by atoms with Gasteiger partial charge in [-0.2, -0.15) is 0 Å². The zero-order valence-electron chi connectivity index (χ0n) is 12.5. The predicted octanol–water partition coefficient (Wildman–Crippen LogP) is 3.20. The minimum absolute atomic E-state index is 0.0777. The van der Waals surface area contributed by atoms with Gasteiger partial charge in [-0.15, -0.1) is 0 Å². The molecular weight excluding hydrogens is 362 g/mol. The molecule has 25 heavy (non-hydrogen) atoms. The number of hydrogen-bond acceptors (Lipinski definition) is 6. The number of aromatic carboxylic acids is 1. The van der Waals surface area contributed by atoms with Gasteiger partial charge in [-0.05, 0) is 42.0 Å². The first-order valence-electron chi connectivity index (χ1n) is 7.00. The summed E-state index contributed by atoms with van der Waals surface area (Å²) in [5.41, 5.74) is 0.581. The van der Waals surface area contributed by atoms with Crippen LogP contribution in [0.4, 0.5) is 5.69 Å². The highest BCUT2D eigenvalue weighted by molar-refractivity contribution is 8.27. The van der Waals surface area contributed by atoms with Gasteiger partial charge in [0.1, 0.15) is 17.1 Å². The summed E-state index contributed by atoms with van der Waals surface area (Å²) in [5.74, 6) is -2.02. The Bertz CT molecular complexity index is 938. The van der Waals surface area contributed by atoms with E-state index in [2.05, 4.69) is 0 Å². The molecule has 1 amide bonds. The Balaban J connectivity index is 1.97. The van der Waals surface area contributed by atoms with Gasteiger partial charge in [-0.25, -0.2) is 4.79 Å². The average molecular weight is 373 g/mol. The van der Waals surface area contributed by atoms with Crippen LogP contribution >= 0.6 is 24.0 Å². The molecule has 126 valence electrons. The molecule has 0 saturated carbocycles. The van der Waals surface area contributed by atoms with Crippen LogP contribution in [0.3, 0.4) is 0 Å². The molecular formula is C17H11NO5S2. The number of aromatic hydroxyl groups is 2. The Hall–Kier alpha value is -2.84. The summed E-state index contributed by atoms with van der Waals surface area (Å²) in [6, 6.07) is 10.2. The molecule has 0 aliphatic carbocycles. The number of thioether (sulfide) groups is 1. The van der Waals surface area contributed by atoms with E-state index < -0.39 is 17.6 Å². The number of amides is 1. The summed E-state index contributed by atoms with van der Waals surface area (Å²) >= 11 is 6.30. The molecule has 0 radical (unpaired) electrons. The number of rotatable bonds is 3. The van der Waals surface area contributed by atoms with Crippen LogP contribution in [-0.2, 0) is 4.79 Å². The number of hydrogen-bond donors (Lipinski definition) is 3. The van der Waals surface area contributed by atoms with E-state index in [1.807, 2.05) is 0 Å². The van der Waals surface area contributed by atoms with E-state index in [4.69, 9.17) is 17.3 Å². The van der Waals surface area contributed by atoms with E-state index in [-0.39, 0.29) is 21.3 Å². The minimum Gasteiger partial charge on any atom is -0.508 e. The molecule has 3 rings (SSSR count). The maximum atomic E-state index is 12.6. The summed E-state index contributed by atoms with van der Waals surface area (Å²) in [4.78, 5) is 25.4. The SMILES string of the molecule is O=C(O)c1cc(N2C(=O)/C(=C/c3cccc(O)c3)SC2=S)ccc1O. The molecule has 1 aliphatic heterocycles. The smallest absolute Gasteiger partial charge is 0.339 e. The van der Waals surface area contributed by atoms with E-state index in [1.165, 1.54) is 35.2 Å². The van der Waals surface area contributed by atoms with Crippen molar-refractivity contribution in [3.8, 4) is 11.5 Å². The Kier molecular flexibility index (Phi) is 4.47. The fourth-order valence-corrected chi connectivity index (χ4v) is 3.59. The van der Waals surface area contributed by atoms with Crippen LogP contribution < -0.4 is 4.90 Å². The first kappa shape index (κ1) is 17.0. The first-order chi connectivity index (χ1) is 11.9. The number of carboxylic acids is 1. The van der Waals surface area contributed by atoms with Gasteiger partial charge in [-0.3, -0.25) is 9.69 Å². The number of benzene rings is 2. The second kappa shape index (κ2) is 6.58. The highest BCUT2D eigenvalue weighted by Gasteiger charge is 2.33. The molecule has 1 fully saturated rings. The van der Waals surface area contributed by atoms with Crippen molar-refractivity contribution >= 4 is 51.9 Å². The highest BCUT2D eigenvalue weighted by Crippen LogP contribution is 2.37. The maximum Gasteiger partial charge on any atom is 0.339 e. The van der Waals surface area contributed by atoms with Crippen LogP contribution in [0.2, 0.25) is 0 Å². The zero-order valence-corrected chi connectivity index (χ0v) is 14.2. The molecule has 1 heterocycles. The van der Waals surface area contributed by atoms with Crippen LogP contribution in [-0.4, -0.2) is 31.5 Å². The number of nitrogens with zero attached hydrogens (tertiary/aromatic N) is 1. The molecule has 6 nitrogen and oxygen atoms in total. The van der Waals surface area contributed by atoms with Gasteiger partial charge in [0, 0.05) is 0 Å². The second-order valence-corrected chi connectivity index (χ2v) is 6.79. The van der Waals surface area contributed by atoms with Crippen molar-refractivity contribution < 1.29 is 24.9 Å². The summed E-state index contributed by atoms with van der Waals surface area (Å²) < 4.78 is 0.249. The van der Waals surface area contributed by atoms with Crippen molar-refractivity contribution in [2.24, 2.45) is 0 Å². The number of carbonyl (C=O) groups excluding carboxylic acids is 1. The zero-order chi connectivity index (χ0) is 18.1. The van der Waals surface area contributed by atoms with E-state index in [0.717, 1.165) is 11.8 Å². The van der Waals surface area contributed by atoms with Gasteiger partial charge in [0.15, 0.2) is 4.32 Å². The van der Waals surface area contributed by atoms with Gasteiger partial charge >= 0.3 is 5.97 Å². The highest BCUT2D eigenvalue weighted by atomic mass is 32.2. The number of thiocarbonyl (C=S) groups is 1. The van der Waals surface area contributed by atoms with Crippen LogP contribution in [0, 0.1) is 0 Å². The van der Waals surface area contributed by atoms with Crippen molar-refractivity contribution in [3.05, 3.63) is 58.5 Å². The lowest BCUT2D eigenvalue weighted by Gasteiger charge is -2.15. The van der Waals surface area contributed by atoms with Gasteiger partial charge in [-0.1, -0.05) is 36.1 Å². The largest absolute Gasteiger partial charge is 0.508 e. The Morgan fingerprint density at radius 1 is 1.16 bits per heavy atom. The molecule has 0 bridgehead atoms. The molecule has 0 aromatic heterocycles. The lowest BCUT2D eigenvalue weighted by Crippen LogP contribution is -2.27. The van der Waals surface area contributed by atoms with Gasteiger partial charge < -0.3 is 15.3 Å². The van der Waals surface area contributed by atoms with Crippen LogP contribution in [0.1, 0.15) is 15.9 Å². The number of phenolic OH excluding ortho intramolecular Hbond substituents is 1. The van der Waals surface area contributed by atoms with E-state index >= 15 is 0 Å². The third-order valence-electron chi connectivity index (χ3n) is 3.43. The first-order valence-corrected chi connectivity index (χ1v) is 8.22. The Morgan fingerprint density at radius 2 is 1.92 bits per heavy atom. The summed E-state index contributed by atoms with van der Waals surface area (Å²) in [6.07, 6.45) is 1.59. The molecule has 0 atom stereocenters. The normalized spacial score (nSPS) is 15.8. The summed E-state index contributed by atoms with van der Waals surface area (Å²) in [7, 11) is 0. The third-order valence-corrected chi connectivity index (χ3v) is 4.73. The van der Waals surface area contributed by atoms with E-state index in [1.54, 1.807) is 18.2 Å². The van der Waals surface area contributed by atoms with Crippen LogP contribution in [0.5, 0.6) is 11.5 Å². The number of carboxylic acid groups (broad SMARTS) is 1. The topological polar surface area (TPSA) is 98.1 Å². The Labute approximate surface area is 152 Å². The minimum atomic E-state index is -1.31. The Morgan fingerprint density at radius 3 is 2.60 bits per heavy atom. The molecule has 3 N–H and O–H groups in total. The molecule has 0 unspecified atom stereocenters. The number of carbonyl (C=O) groups is 2. The van der Waals surface area contributed by atoms with Crippen molar-refractivity contribution in [1.29, 1.82) is 0 Å². The fourth-order valence-electron chi connectivity index (χ4n) is 2.29. The summed E-state index contributed by atoms with van der Waals surface area (Å²) in [6.45, 7) is 0. The van der Waals surface area contributed by atoms with Crippen molar-refractivity contribution in [1.82, 2.24) is 0 Å². The standard InChI is InChI=1S/C17H11NO5S2/c19-11-3-1-2-9(6-11)7-14-15(21)18(17(24)25-14)10-4-5-13(20)12(8-10)16(22)23/h1-8,19-20H,(H,22,23)/b14-7-. The van der Waals surface area contributed by atoms with Gasteiger partial charge in [0.25, 0.3) is 5.91 Å². The molecule has 8 heteroatoms. The third kappa shape index (κ3) is 3.35. The average Bonchev–Trinajstić information content (AvgIpc) is 2.82. The monoisotopic (exact) mass is 373 g/mol. The molecule has 0 spiro atoms. The van der Waals surface area contributed by atoms with Crippen LogP contribution in [0.25, 0.3) is 6.08 Å². The molecule has 2 aromatic rings. The lowest BCUT2D eigenvalue weighted by atomic mass is 10.1. The number of anilines is 1. The number of phenols is 2. The molecule has 1 aliphatic rings. The van der Waals surface area contributed by atoms with Crippen molar-refractivity contribution in [3.63, 3.8) is 0 Å². The van der Waals surface area contributed by atoms with E-state index in [0.29, 0.717) is 10.5 Å². The van der Waals surface area contributed by atoms with E-state index in [9.17, 15) is 19.8 Å². The van der Waals surface area contributed by atoms with Crippen molar-refractivity contribution in [2.75, 3.05) is 4.90 Å². The lowest BCUT2D eigenvalue weighted by molar-refractivity contribution is -0.113. The molecule has 1 saturated heterocycles. The summed E-state index contributed by atoms with van der Waals surface area (Å²) in [5, 5.41) is 28.2. The molecule has 2 aromatic carbocycles. The fraction of sp³-hybridized carbons (Fsp3) is 0. The maximum absolute atomic E-state index is 12.6. The van der Waals surface area contributed by atoms with Gasteiger partial charge in [0.05, 0.1) is 10.6 Å². The van der Waals surface area contributed by atoms with Crippen LogP contribution in [0.15, 0.2) is 47.4 Å². The van der Waals surface area contributed by atoms with Gasteiger partial charge in [0.2, 0.25) is 0 Å². The predicted molar refractivity (Wildman–Crippen MR) is 98.8 cm³/mol.